The topological polar surface area (TPSA) is 32.7 Å². The van der Waals surface area contributed by atoms with E-state index in [1.54, 1.807) is 23.9 Å². The van der Waals surface area contributed by atoms with E-state index in [9.17, 15) is 4.79 Å². The zero-order valence-corrected chi connectivity index (χ0v) is 9.96. The van der Waals surface area contributed by atoms with Crippen LogP contribution in [0.2, 0.25) is 5.02 Å². The Labute approximate surface area is 102 Å². The molecule has 3 rings (SSSR count). The van der Waals surface area contributed by atoms with Gasteiger partial charge in [-0.05, 0) is 18.2 Å². The van der Waals surface area contributed by atoms with Crippen molar-refractivity contribution in [3.8, 4) is 0 Å². The number of hydrogen-bond acceptors (Lipinski definition) is 3. The summed E-state index contributed by atoms with van der Waals surface area (Å²) in [6.45, 7) is 0. The van der Waals surface area contributed by atoms with Crippen LogP contribution in [0.15, 0.2) is 29.4 Å². The Kier molecular flexibility index (Phi) is 2.41. The molecule has 0 spiro atoms. The van der Waals surface area contributed by atoms with E-state index < -0.39 is 0 Å². The summed E-state index contributed by atoms with van der Waals surface area (Å²) >= 11 is 7.67. The minimum atomic E-state index is -0.0102. The lowest BCUT2D eigenvalue weighted by Crippen LogP contribution is -2.27. The molecule has 1 amide bonds. The van der Waals surface area contributed by atoms with Crippen molar-refractivity contribution in [1.82, 2.24) is 0 Å². The van der Waals surface area contributed by atoms with Crippen LogP contribution in [0.5, 0.6) is 0 Å². The lowest BCUT2D eigenvalue weighted by Gasteiger charge is -2.13. The molecule has 2 heterocycles. The van der Waals surface area contributed by atoms with E-state index in [-0.39, 0.29) is 11.8 Å². The highest BCUT2D eigenvalue weighted by Gasteiger charge is 2.39. The van der Waals surface area contributed by atoms with Crippen molar-refractivity contribution in [3.63, 3.8) is 0 Å². The number of nitrogens with zero attached hydrogens (tertiary/aromatic N) is 2. The third kappa shape index (κ3) is 1.53. The van der Waals surface area contributed by atoms with E-state index in [4.69, 9.17) is 11.6 Å². The summed E-state index contributed by atoms with van der Waals surface area (Å²) in [5.41, 5.74) is 1.75. The highest BCUT2D eigenvalue weighted by atomic mass is 35.5. The second kappa shape index (κ2) is 3.79. The Bertz CT molecular complexity index is 489. The van der Waals surface area contributed by atoms with E-state index in [1.807, 2.05) is 12.1 Å². The minimum Gasteiger partial charge on any atom is -0.272 e. The number of carbonyl (C=O) groups excluding carboxylic acids is 1. The van der Waals surface area contributed by atoms with Crippen molar-refractivity contribution in [2.24, 2.45) is 11.0 Å². The molecule has 5 heteroatoms. The van der Waals surface area contributed by atoms with E-state index in [2.05, 4.69) is 5.10 Å². The van der Waals surface area contributed by atoms with Crippen molar-refractivity contribution < 1.29 is 4.79 Å². The first-order valence-corrected chi connectivity index (χ1v) is 6.53. The van der Waals surface area contributed by atoms with E-state index in [0.29, 0.717) is 5.02 Å². The molecule has 2 aliphatic heterocycles. The zero-order chi connectivity index (χ0) is 11.1. The molecule has 0 bridgehead atoms. The van der Waals surface area contributed by atoms with Crippen molar-refractivity contribution in [1.29, 1.82) is 0 Å². The fourth-order valence-corrected chi connectivity index (χ4v) is 3.25. The highest BCUT2D eigenvalue weighted by molar-refractivity contribution is 8.00. The maximum atomic E-state index is 12.1. The molecule has 3 nitrogen and oxygen atoms in total. The van der Waals surface area contributed by atoms with Gasteiger partial charge in [0.15, 0.2) is 0 Å². The van der Waals surface area contributed by atoms with Crippen LogP contribution in [-0.2, 0) is 4.79 Å². The van der Waals surface area contributed by atoms with Gasteiger partial charge in [0.05, 0.1) is 17.3 Å². The Morgan fingerprint density at radius 3 is 3.12 bits per heavy atom. The monoisotopic (exact) mass is 252 g/mol. The molecule has 0 aliphatic carbocycles. The molecule has 0 saturated carbocycles. The quantitative estimate of drug-likeness (QED) is 0.769. The van der Waals surface area contributed by atoms with Crippen LogP contribution in [0.3, 0.4) is 0 Å². The lowest BCUT2D eigenvalue weighted by atomic mass is 10.1. The first kappa shape index (κ1) is 10.2. The van der Waals surface area contributed by atoms with Crippen LogP contribution in [-0.4, -0.2) is 23.1 Å². The summed E-state index contributed by atoms with van der Waals surface area (Å²) in [7, 11) is 0. The Hall–Kier alpha value is -1.00. The summed E-state index contributed by atoms with van der Waals surface area (Å²) in [6.07, 6.45) is 0. The SMILES string of the molecule is O=C1C2CSCC2=NN1c1cccc(Cl)c1. The molecule has 16 heavy (non-hydrogen) atoms. The van der Waals surface area contributed by atoms with Crippen LogP contribution in [0.25, 0.3) is 0 Å². The number of fused-ring (bicyclic) bond motifs is 1. The number of anilines is 1. The van der Waals surface area contributed by atoms with E-state index in [1.165, 1.54) is 5.01 Å². The third-order valence-electron chi connectivity index (χ3n) is 2.72. The summed E-state index contributed by atoms with van der Waals surface area (Å²) in [4.78, 5) is 12.1. The Morgan fingerprint density at radius 2 is 2.38 bits per heavy atom. The van der Waals surface area contributed by atoms with Crippen LogP contribution in [0, 0.1) is 5.92 Å². The van der Waals surface area contributed by atoms with Crippen molar-refractivity contribution in [2.75, 3.05) is 16.5 Å². The van der Waals surface area contributed by atoms with E-state index in [0.717, 1.165) is 22.9 Å². The lowest BCUT2D eigenvalue weighted by molar-refractivity contribution is -0.119. The van der Waals surface area contributed by atoms with Gasteiger partial charge >= 0.3 is 0 Å². The number of benzene rings is 1. The molecule has 1 aromatic carbocycles. The van der Waals surface area contributed by atoms with Crippen molar-refractivity contribution >= 4 is 40.7 Å². The molecule has 0 aromatic heterocycles. The molecule has 1 aromatic rings. The molecule has 0 N–H and O–H groups in total. The van der Waals surface area contributed by atoms with Gasteiger partial charge in [0, 0.05) is 16.5 Å². The van der Waals surface area contributed by atoms with Gasteiger partial charge in [0.2, 0.25) is 0 Å². The molecule has 82 valence electrons. The standard InChI is InChI=1S/C11H9ClN2OS/c12-7-2-1-3-8(4-7)14-11(15)9-5-16-6-10(9)13-14/h1-4,9H,5-6H2. The van der Waals surface area contributed by atoms with Gasteiger partial charge in [0.1, 0.15) is 0 Å². The van der Waals surface area contributed by atoms with Crippen LogP contribution >= 0.6 is 23.4 Å². The molecule has 1 saturated heterocycles. The smallest absolute Gasteiger partial charge is 0.257 e. The van der Waals surface area contributed by atoms with Gasteiger partial charge in [-0.1, -0.05) is 17.7 Å². The molecule has 1 unspecified atom stereocenters. The van der Waals surface area contributed by atoms with Gasteiger partial charge in [-0.25, -0.2) is 5.01 Å². The van der Waals surface area contributed by atoms with Crippen LogP contribution in [0.1, 0.15) is 0 Å². The second-order valence-electron chi connectivity index (χ2n) is 3.79. The number of amides is 1. The predicted octanol–water partition coefficient (Wildman–Crippen LogP) is 2.41. The average Bonchev–Trinajstić information content (AvgIpc) is 2.82. The first-order chi connectivity index (χ1) is 7.75. The normalized spacial score (nSPS) is 23.6. The van der Waals surface area contributed by atoms with Crippen LogP contribution in [0.4, 0.5) is 5.69 Å². The summed E-state index contributed by atoms with van der Waals surface area (Å²) < 4.78 is 0. The largest absolute Gasteiger partial charge is 0.272 e. The zero-order valence-electron chi connectivity index (χ0n) is 8.39. The average molecular weight is 253 g/mol. The summed E-state index contributed by atoms with van der Waals surface area (Å²) in [5, 5.41) is 6.46. The van der Waals surface area contributed by atoms with Gasteiger partial charge in [-0.3, -0.25) is 4.79 Å². The summed E-state index contributed by atoms with van der Waals surface area (Å²) in [5.74, 6) is 1.79. The maximum absolute atomic E-state index is 12.1. The van der Waals surface area contributed by atoms with Crippen LogP contribution < -0.4 is 5.01 Å². The number of halogens is 1. The maximum Gasteiger partial charge on any atom is 0.257 e. The Balaban J connectivity index is 1.97. The van der Waals surface area contributed by atoms with Gasteiger partial charge in [-0.2, -0.15) is 16.9 Å². The first-order valence-electron chi connectivity index (χ1n) is 5.00. The van der Waals surface area contributed by atoms with Crippen molar-refractivity contribution in [2.45, 2.75) is 0 Å². The number of hydrogen-bond donors (Lipinski definition) is 0. The second-order valence-corrected chi connectivity index (χ2v) is 5.26. The molecule has 1 atom stereocenters. The van der Waals surface area contributed by atoms with Gasteiger partial charge < -0.3 is 0 Å². The molecule has 0 radical (unpaired) electrons. The minimum absolute atomic E-state index is 0.0102. The fourth-order valence-electron chi connectivity index (χ4n) is 1.91. The summed E-state index contributed by atoms with van der Waals surface area (Å²) in [6, 6.07) is 7.23. The van der Waals surface area contributed by atoms with Gasteiger partial charge in [-0.15, -0.1) is 0 Å². The van der Waals surface area contributed by atoms with Crippen molar-refractivity contribution in [3.05, 3.63) is 29.3 Å². The molecule has 2 aliphatic rings. The Morgan fingerprint density at radius 1 is 1.50 bits per heavy atom. The third-order valence-corrected chi connectivity index (χ3v) is 4.03. The van der Waals surface area contributed by atoms with E-state index >= 15 is 0 Å². The number of carbonyl (C=O) groups is 1. The molecule has 1 fully saturated rings. The predicted molar refractivity (Wildman–Crippen MR) is 67.2 cm³/mol. The van der Waals surface area contributed by atoms with Gasteiger partial charge in [0.25, 0.3) is 5.91 Å². The number of rotatable bonds is 1. The number of hydrazone groups is 1. The highest BCUT2D eigenvalue weighted by Crippen LogP contribution is 2.32. The molecular weight excluding hydrogens is 244 g/mol. The number of thioether (sulfide) groups is 1. The fraction of sp³-hybridized carbons (Fsp3) is 0.273. The molecular formula is C11H9ClN2OS.